The van der Waals surface area contributed by atoms with E-state index in [0.717, 1.165) is 61.6 Å². The van der Waals surface area contributed by atoms with E-state index in [4.69, 9.17) is 5.14 Å². The Balaban J connectivity index is 1.22. The molecule has 3 aromatic rings. The topological polar surface area (TPSA) is 122 Å². The molecular formula is C24H31N5O3S. The standard InChI is InChI=1S/C24H31N5O3S/c25-33(31,32)15-17-2-1-11-29(14-17)22(30)12-16-3-5-18(6-4-16)19-7-9-26-21-13-28-24-20(23(19)21)8-10-27-24/h7-10,13,16-18H,1-6,11-12,14-15H2,(H,27,28)(H2,25,31,32). The quantitative estimate of drug-likeness (QED) is 0.594. The third kappa shape index (κ3) is 4.89. The van der Waals surface area contributed by atoms with Crippen LogP contribution in [0.25, 0.3) is 21.9 Å². The summed E-state index contributed by atoms with van der Waals surface area (Å²) in [6, 6.07) is 4.21. The number of carbonyl (C=O) groups is 1. The second kappa shape index (κ2) is 9.02. The number of carbonyl (C=O) groups excluding carboxylic acids is 1. The van der Waals surface area contributed by atoms with Gasteiger partial charge in [-0.25, -0.2) is 18.5 Å². The maximum atomic E-state index is 12.9. The molecule has 3 aromatic heterocycles. The number of piperidine rings is 1. The number of nitrogens with zero attached hydrogens (tertiary/aromatic N) is 3. The monoisotopic (exact) mass is 469 g/mol. The minimum Gasteiger partial charge on any atom is -0.346 e. The Bertz CT molecular complexity index is 1260. The van der Waals surface area contributed by atoms with Crippen LogP contribution in [-0.2, 0) is 14.8 Å². The third-order valence-electron chi connectivity index (χ3n) is 7.41. The maximum absolute atomic E-state index is 12.9. The lowest BCUT2D eigenvalue weighted by Gasteiger charge is -2.35. The van der Waals surface area contributed by atoms with Gasteiger partial charge in [0, 0.05) is 42.7 Å². The van der Waals surface area contributed by atoms with Crippen LogP contribution in [0.2, 0.25) is 0 Å². The second-order valence-corrected chi connectivity index (χ2v) is 11.4. The van der Waals surface area contributed by atoms with Gasteiger partial charge in [0.25, 0.3) is 0 Å². The first-order chi connectivity index (χ1) is 15.9. The molecule has 0 aromatic carbocycles. The predicted molar refractivity (Wildman–Crippen MR) is 128 cm³/mol. The molecule has 5 rings (SSSR count). The molecule has 1 amide bonds. The average molecular weight is 470 g/mol. The molecule has 4 heterocycles. The Morgan fingerprint density at radius 3 is 2.73 bits per heavy atom. The summed E-state index contributed by atoms with van der Waals surface area (Å²) in [7, 11) is -3.51. The molecule has 33 heavy (non-hydrogen) atoms. The van der Waals surface area contributed by atoms with Gasteiger partial charge in [0.1, 0.15) is 5.65 Å². The van der Waals surface area contributed by atoms with E-state index in [9.17, 15) is 13.2 Å². The van der Waals surface area contributed by atoms with E-state index in [1.807, 2.05) is 23.5 Å². The van der Waals surface area contributed by atoms with E-state index in [1.165, 1.54) is 10.9 Å². The Morgan fingerprint density at radius 2 is 1.94 bits per heavy atom. The van der Waals surface area contributed by atoms with Crippen LogP contribution in [0.3, 0.4) is 0 Å². The van der Waals surface area contributed by atoms with E-state index in [0.29, 0.717) is 24.8 Å². The van der Waals surface area contributed by atoms with Crippen molar-refractivity contribution >= 4 is 37.9 Å². The molecule has 2 aliphatic rings. The zero-order valence-electron chi connectivity index (χ0n) is 18.7. The van der Waals surface area contributed by atoms with Gasteiger partial charge in [-0.05, 0) is 74.0 Å². The highest BCUT2D eigenvalue weighted by Crippen LogP contribution is 2.41. The van der Waals surface area contributed by atoms with E-state index in [2.05, 4.69) is 27.1 Å². The van der Waals surface area contributed by atoms with Crippen LogP contribution < -0.4 is 5.14 Å². The van der Waals surface area contributed by atoms with Crippen molar-refractivity contribution in [1.29, 1.82) is 0 Å². The molecule has 0 bridgehead atoms. The number of amides is 1. The van der Waals surface area contributed by atoms with E-state index in [-0.39, 0.29) is 17.6 Å². The summed E-state index contributed by atoms with van der Waals surface area (Å²) in [5, 5.41) is 7.53. The van der Waals surface area contributed by atoms with Gasteiger partial charge in [-0.2, -0.15) is 0 Å². The molecule has 8 nitrogen and oxygen atoms in total. The number of nitrogens with one attached hydrogen (secondary N) is 1. The molecule has 9 heteroatoms. The summed E-state index contributed by atoms with van der Waals surface area (Å²) in [5.41, 5.74) is 3.15. The van der Waals surface area contributed by atoms with E-state index >= 15 is 0 Å². The molecule has 176 valence electrons. The normalized spacial score (nSPS) is 24.4. The number of nitrogens with two attached hydrogens (primary N) is 1. The van der Waals surface area contributed by atoms with Crippen molar-refractivity contribution in [3.8, 4) is 0 Å². The molecule has 1 aliphatic carbocycles. The van der Waals surface area contributed by atoms with Gasteiger partial charge >= 0.3 is 0 Å². The minimum atomic E-state index is -3.51. The van der Waals surface area contributed by atoms with Crippen LogP contribution in [0, 0.1) is 11.8 Å². The van der Waals surface area contributed by atoms with Crippen molar-refractivity contribution in [2.24, 2.45) is 17.0 Å². The minimum absolute atomic E-state index is 0.0360. The van der Waals surface area contributed by atoms with Crippen LogP contribution in [0.1, 0.15) is 56.4 Å². The Kier molecular flexibility index (Phi) is 6.09. The van der Waals surface area contributed by atoms with Crippen LogP contribution in [0.4, 0.5) is 0 Å². The number of hydrogen-bond acceptors (Lipinski definition) is 5. The van der Waals surface area contributed by atoms with Gasteiger partial charge in [-0.3, -0.25) is 9.78 Å². The fraction of sp³-hybridized carbons (Fsp3) is 0.542. The largest absolute Gasteiger partial charge is 0.346 e. The lowest BCUT2D eigenvalue weighted by atomic mass is 9.76. The summed E-state index contributed by atoms with van der Waals surface area (Å²) in [6.45, 7) is 1.23. The van der Waals surface area contributed by atoms with Gasteiger partial charge in [0.05, 0.1) is 17.5 Å². The molecule has 2 fully saturated rings. The number of primary sulfonamides is 1. The van der Waals surface area contributed by atoms with Gasteiger partial charge in [-0.1, -0.05) is 0 Å². The fourth-order valence-corrected chi connectivity index (χ4v) is 6.76. The smallest absolute Gasteiger partial charge is 0.222 e. The van der Waals surface area contributed by atoms with E-state index in [1.54, 1.807) is 0 Å². The highest BCUT2D eigenvalue weighted by molar-refractivity contribution is 7.89. The Morgan fingerprint density at radius 1 is 1.12 bits per heavy atom. The van der Waals surface area contributed by atoms with Crippen LogP contribution >= 0.6 is 0 Å². The first kappa shape index (κ1) is 22.3. The first-order valence-electron chi connectivity index (χ1n) is 11.9. The van der Waals surface area contributed by atoms with Crippen molar-refractivity contribution in [1.82, 2.24) is 19.9 Å². The summed E-state index contributed by atoms with van der Waals surface area (Å²) >= 11 is 0. The SMILES string of the molecule is NS(=O)(=O)CC1CCCN(C(=O)CC2CCC(c3ccnc4cnc5[nH]ccc5c34)CC2)C1. The summed E-state index contributed by atoms with van der Waals surface area (Å²) < 4.78 is 22.9. The zero-order chi connectivity index (χ0) is 23.0. The van der Waals surface area contributed by atoms with Gasteiger partial charge in [0.15, 0.2) is 0 Å². The molecular weight excluding hydrogens is 438 g/mol. The van der Waals surface area contributed by atoms with Crippen molar-refractivity contribution < 1.29 is 13.2 Å². The van der Waals surface area contributed by atoms with Gasteiger partial charge < -0.3 is 9.88 Å². The second-order valence-electron chi connectivity index (χ2n) is 9.76. The van der Waals surface area contributed by atoms with Gasteiger partial charge in [0.2, 0.25) is 15.9 Å². The molecule has 1 saturated heterocycles. The van der Waals surface area contributed by atoms with Crippen molar-refractivity contribution in [2.45, 2.75) is 50.9 Å². The number of sulfonamides is 1. The number of fused-ring (bicyclic) bond motifs is 3. The molecule has 1 unspecified atom stereocenters. The molecule has 1 atom stereocenters. The van der Waals surface area contributed by atoms with Crippen LogP contribution in [0.15, 0.2) is 30.7 Å². The van der Waals surface area contributed by atoms with Crippen molar-refractivity contribution in [2.75, 3.05) is 18.8 Å². The highest BCUT2D eigenvalue weighted by Gasteiger charge is 2.30. The molecule has 1 aliphatic heterocycles. The maximum Gasteiger partial charge on any atom is 0.222 e. The molecule has 0 radical (unpaired) electrons. The van der Waals surface area contributed by atoms with E-state index < -0.39 is 10.0 Å². The van der Waals surface area contributed by atoms with Crippen molar-refractivity contribution in [3.63, 3.8) is 0 Å². The van der Waals surface area contributed by atoms with Crippen molar-refractivity contribution in [3.05, 3.63) is 36.3 Å². The summed E-state index contributed by atoms with van der Waals surface area (Å²) in [5.74, 6) is 0.914. The lowest BCUT2D eigenvalue weighted by molar-refractivity contribution is -0.134. The number of likely N-dealkylation sites (tertiary alicyclic amines) is 1. The number of H-pyrrole nitrogens is 1. The Labute approximate surface area is 194 Å². The zero-order valence-corrected chi connectivity index (χ0v) is 19.6. The number of aromatic amines is 1. The molecule has 0 spiro atoms. The number of aromatic nitrogens is 3. The fourth-order valence-electron chi connectivity index (χ4n) is 5.83. The predicted octanol–water partition coefficient (Wildman–Crippen LogP) is 3.30. The Hall–Kier alpha value is -2.52. The highest BCUT2D eigenvalue weighted by atomic mass is 32.2. The molecule has 1 saturated carbocycles. The first-order valence-corrected chi connectivity index (χ1v) is 13.6. The number of rotatable bonds is 5. The molecule has 3 N–H and O–H groups in total. The van der Waals surface area contributed by atoms with Crippen LogP contribution in [-0.4, -0.2) is 53.0 Å². The average Bonchev–Trinajstić information content (AvgIpc) is 3.27. The lowest BCUT2D eigenvalue weighted by Crippen LogP contribution is -2.43. The third-order valence-corrected chi connectivity index (χ3v) is 8.35. The number of pyridine rings is 2. The van der Waals surface area contributed by atoms with Gasteiger partial charge in [-0.15, -0.1) is 0 Å². The summed E-state index contributed by atoms with van der Waals surface area (Å²) in [6.07, 6.45) is 12.0. The summed E-state index contributed by atoms with van der Waals surface area (Å²) in [4.78, 5) is 27.0. The van der Waals surface area contributed by atoms with Crippen LogP contribution in [0.5, 0.6) is 0 Å². The number of hydrogen-bond donors (Lipinski definition) is 2.